The maximum Gasteiger partial charge on any atom is 0.301 e. The first-order valence-corrected chi connectivity index (χ1v) is 8.52. The van der Waals surface area contributed by atoms with E-state index in [4.69, 9.17) is 15.2 Å². The number of aliphatic hydroxyl groups excluding tert-OH is 2. The van der Waals surface area contributed by atoms with Gasteiger partial charge in [-0.05, 0) is 5.56 Å². The molecule has 148 valence electrons. The lowest BCUT2D eigenvalue weighted by atomic mass is 10.1. The quantitative estimate of drug-likeness (QED) is 0.470. The average molecular weight is 391 g/mol. The molecule has 1 saturated heterocycles. The monoisotopic (exact) mass is 391 g/mol. The largest absolute Gasteiger partial charge is 0.460 e. The summed E-state index contributed by atoms with van der Waals surface area (Å²) < 4.78 is 26.6. The number of nitrogen functional groups attached to an aromatic ring is 1. The van der Waals surface area contributed by atoms with E-state index in [0.717, 1.165) is 5.56 Å². The first-order valence-electron chi connectivity index (χ1n) is 8.52. The molecule has 3 aromatic rings. The van der Waals surface area contributed by atoms with Gasteiger partial charge in [-0.2, -0.15) is 9.97 Å². The van der Waals surface area contributed by atoms with E-state index in [9.17, 15) is 19.4 Å². The second-order valence-corrected chi connectivity index (χ2v) is 6.34. The molecule has 0 spiro atoms. The van der Waals surface area contributed by atoms with Crippen molar-refractivity contribution in [2.45, 2.75) is 31.2 Å². The molecule has 0 bridgehead atoms. The third-order valence-corrected chi connectivity index (χ3v) is 4.47. The minimum absolute atomic E-state index is 0.0286. The van der Waals surface area contributed by atoms with E-state index >= 15 is 0 Å². The summed E-state index contributed by atoms with van der Waals surface area (Å²) in [6.07, 6.45) is -6.01. The zero-order valence-electron chi connectivity index (χ0n) is 14.5. The first-order chi connectivity index (χ1) is 13.5. The molecule has 28 heavy (non-hydrogen) atoms. The van der Waals surface area contributed by atoms with Crippen LogP contribution >= 0.6 is 0 Å². The lowest BCUT2D eigenvalue weighted by Gasteiger charge is -2.18. The van der Waals surface area contributed by atoms with Gasteiger partial charge in [0.05, 0.1) is 6.61 Å². The summed E-state index contributed by atoms with van der Waals surface area (Å²) in [5.41, 5.74) is 5.70. The Kier molecular flexibility index (Phi) is 4.71. The van der Waals surface area contributed by atoms with Crippen LogP contribution in [0.1, 0.15) is 11.8 Å². The zero-order chi connectivity index (χ0) is 19.8. The summed E-state index contributed by atoms with van der Waals surface area (Å²) in [6.45, 7) is -0.527. The summed E-state index contributed by atoms with van der Waals surface area (Å²) in [5.74, 6) is -0.184. The number of aromatic nitrogens is 4. The van der Waals surface area contributed by atoms with Gasteiger partial charge in [0.25, 0.3) is 5.56 Å². The van der Waals surface area contributed by atoms with E-state index < -0.39 is 36.8 Å². The van der Waals surface area contributed by atoms with Crippen molar-refractivity contribution < 1.29 is 24.1 Å². The van der Waals surface area contributed by atoms with Gasteiger partial charge in [0, 0.05) is 0 Å². The van der Waals surface area contributed by atoms with Crippen molar-refractivity contribution in [2.24, 2.45) is 0 Å². The van der Waals surface area contributed by atoms with E-state index in [1.807, 2.05) is 30.3 Å². The van der Waals surface area contributed by atoms with Crippen molar-refractivity contribution in [2.75, 3.05) is 12.3 Å². The summed E-state index contributed by atoms with van der Waals surface area (Å²) in [7, 11) is 0. The maximum atomic E-state index is 14.2. The van der Waals surface area contributed by atoms with Crippen molar-refractivity contribution in [3.05, 3.63) is 46.2 Å². The van der Waals surface area contributed by atoms with E-state index in [1.54, 1.807) is 0 Å². The number of H-pyrrole nitrogens is 1. The number of ether oxygens (including phenoxy) is 2. The Morgan fingerprint density at radius 2 is 2.07 bits per heavy atom. The fourth-order valence-corrected chi connectivity index (χ4v) is 3.10. The SMILES string of the molecule is Nc1nc2c(nc(OCc3ccccc3)n2[C@@H]2O[C@H](CO)[C@@H](F)[C@H]2O)c(=O)[nH]1. The second kappa shape index (κ2) is 7.19. The smallest absolute Gasteiger partial charge is 0.301 e. The molecular formula is C17H18FN5O5. The van der Waals surface area contributed by atoms with Gasteiger partial charge in [0.15, 0.2) is 23.6 Å². The van der Waals surface area contributed by atoms with Crippen LogP contribution in [0.4, 0.5) is 10.3 Å². The van der Waals surface area contributed by atoms with Crippen LogP contribution in [0.3, 0.4) is 0 Å². The van der Waals surface area contributed by atoms with Gasteiger partial charge >= 0.3 is 6.01 Å². The van der Waals surface area contributed by atoms with Crippen LogP contribution in [0.25, 0.3) is 11.2 Å². The summed E-state index contributed by atoms with van der Waals surface area (Å²) >= 11 is 0. The average Bonchev–Trinajstić information content (AvgIpc) is 3.18. The molecule has 0 aliphatic carbocycles. The van der Waals surface area contributed by atoms with Crippen molar-refractivity contribution in [1.29, 1.82) is 0 Å². The number of fused-ring (bicyclic) bond motifs is 1. The van der Waals surface area contributed by atoms with Crippen LogP contribution in [0.5, 0.6) is 6.01 Å². The molecule has 10 nitrogen and oxygen atoms in total. The zero-order valence-corrected chi connectivity index (χ0v) is 14.5. The highest BCUT2D eigenvalue weighted by Gasteiger charge is 2.46. The Balaban J connectivity index is 1.79. The van der Waals surface area contributed by atoms with Crippen LogP contribution in [0, 0.1) is 0 Å². The predicted octanol–water partition coefficient (Wildman–Crippen LogP) is -0.131. The number of hydrogen-bond acceptors (Lipinski definition) is 8. The third kappa shape index (κ3) is 3.09. The van der Waals surface area contributed by atoms with Crippen LogP contribution < -0.4 is 16.0 Å². The molecule has 3 heterocycles. The molecule has 4 rings (SSSR count). The Hall–Kier alpha value is -3.02. The number of anilines is 1. The number of imidazole rings is 1. The van der Waals surface area contributed by atoms with Crippen molar-refractivity contribution in [3.8, 4) is 6.01 Å². The first kappa shape index (κ1) is 18.3. The predicted molar refractivity (Wildman–Crippen MR) is 95.2 cm³/mol. The highest BCUT2D eigenvalue weighted by atomic mass is 19.1. The standard InChI is InChI=1S/C17H18FN5O5/c18-10-9(6-24)28-15(12(10)25)23-13-11(14(26)22-16(19)21-13)20-17(23)27-7-8-4-2-1-3-5-8/h1-5,9-10,12,15,24-25H,6-7H2,(H3,19,21,22,26)/t9-,10-,12-,15-/m1/s1. The minimum atomic E-state index is -1.84. The fraction of sp³-hybridized carbons (Fsp3) is 0.353. The van der Waals surface area contributed by atoms with Crippen molar-refractivity contribution in [3.63, 3.8) is 0 Å². The van der Waals surface area contributed by atoms with Crippen LogP contribution in [0.15, 0.2) is 35.1 Å². The number of nitrogens with two attached hydrogens (primary N) is 1. The minimum Gasteiger partial charge on any atom is -0.460 e. The number of halogens is 1. The highest BCUT2D eigenvalue weighted by molar-refractivity contribution is 5.72. The maximum absolute atomic E-state index is 14.2. The fourth-order valence-electron chi connectivity index (χ4n) is 3.10. The molecular weight excluding hydrogens is 373 g/mol. The van der Waals surface area contributed by atoms with Gasteiger partial charge in [-0.25, -0.2) is 8.96 Å². The highest BCUT2D eigenvalue weighted by Crippen LogP contribution is 2.36. The molecule has 0 saturated carbocycles. The molecule has 4 atom stereocenters. The van der Waals surface area contributed by atoms with E-state index in [-0.39, 0.29) is 29.7 Å². The molecule has 2 aromatic heterocycles. The van der Waals surface area contributed by atoms with E-state index in [1.165, 1.54) is 4.57 Å². The normalized spacial score (nSPS) is 24.7. The second-order valence-electron chi connectivity index (χ2n) is 6.34. The molecule has 1 fully saturated rings. The number of aromatic amines is 1. The molecule has 0 radical (unpaired) electrons. The molecule has 5 N–H and O–H groups in total. The van der Waals surface area contributed by atoms with Gasteiger partial charge in [0.1, 0.15) is 18.8 Å². The number of alkyl halides is 1. The molecule has 1 aliphatic rings. The van der Waals surface area contributed by atoms with Crippen LogP contribution in [-0.4, -0.2) is 54.7 Å². The van der Waals surface area contributed by atoms with Gasteiger partial charge in [-0.3, -0.25) is 9.78 Å². The Bertz CT molecular complexity index is 1040. The van der Waals surface area contributed by atoms with E-state index in [0.29, 0.717) is 0 Å². The van der Waals surface area contributed by atoms with Gasteiger partial charge < -0.3 is 25.4 Å². The Morgan fingerprint density at radius 3 is 2.75 bits per heavy atom. The molecule has 0 unspecified atom stereocenters. The third-order valence-electron chi connectivity index (χ3n) is 4.47. The topological polar surface area (TPSA) is 149 Å². The van der Waals surface area contributed by atoms with Crippen LogP contribution in [-0.2, 0) is 11.3 Å². The van der Waals surface area contributed by atoms with Gasteiger partial charge in [-0.15, -0.1) is 0 Å². The lowest BCUT2D eigenvalue weighted by Crippen LogP contribution is -2.29. The number of hydrogen-bond donors (Lipinski definition) is 4. The number of nitrogens with zero attached hydrogens (tertiary/aromatic N) is 3. The summed E-state index contributed by atoms with van der Waals surface area (Å²) in [4.78, 5) is 22.7. The number of aliphatic hydroxyl groups is 2. The molecule has 11 heteroatoms. The molecule has 1 aromatic carbocycles. The number of rotatable bonds is 5. The van der Waals surface area contributed by atoms with E-state index in [2.05, 4.69) is 15.0 Å². The summed E-state index contributed by atoms with van der Waals surface area (Å²) in [5, 5.41) is 19.5. The summed E-state index contributed by atoms with van der Waals surface area (Å²) in [6, 6.07) is 9.07. The van der Waals surface area contributed by atoms with Gasteiger partial charge in [-0.1, -0.05) is 30.3 Å². The van der Waals surface area contributed by atoms with Crippen molar-refractivity contribution >= 4 is 17.1 Å². The van der Waals surface area contributed by atoms with Crippen molar-refractivity contribution in [1.82, 2.24) is 19.5 Å². The molecule has 1 aliphatic heterocycles. The number of nitrogens with one attached hydrogen (secondary N) is 1. The molecule has 0 amide bonds. The Labute approximate surface area is 157 Å². The number of benzene rings is 1. The van der Waals surface area contributed by atoms with Gasteiger partial charge in [0.2, 0.25) is 5.95 Å². The Morgan fingerprint density at radius 1 is 1.32 bits per heavy atom. The van der Waals surface area contributed by atoms with Crippen LogP contribution in [0.2, 0.25) is 0 Å². The lowest BCUT2D eigenvalue weighted by molar-refractivity contribution is -0.0532.